The van der Waals surface area contributed by atoms with Crippen LogP contribution in [0.4, 0.5) is 5.69 Å². The third-order valence-electron chi connectivity index (χ3n) is 3.79. The van der Waals surface area contributed by atoms with Gasteiger partial charge in [-0.25, -0.2) is 0 Å². The summed E-state index contributed by atoms with van der Waals surface area (Å²) in [6, 6.07) is 23.4. The van der Waals surface area contributed by atoms with Gasteiger partial charge >= 0.3 is 0 Å². The minimum absolute atomic E-state index is 0. The molecule has 3 rings (SSSR count). The topological polar surface area (TPSA) is 101 Å². The summed E-state index contributed by atoms with van der Waals surface area (Å²) in [5.74, 6) is -0.0696. The van der Waals surface area contributed by atoms with Crippen LogP contribution in [-0.4, -0.2) is 18.4 Å². The van der Waals surface area contributed by atoms with Gasteiger partial charge in [-0.05, 0) is 46.5 Å². The highest BCUT2D eigenvalue weighted by atomic mass is 35.5. The van der Waals surface area contributed by atoms with Gasteiger partial charge in [-0.1, -0.05) is 60.1 Å². The SMILES string of the molecule is Cl.NC(N)=N/N=C/c1ccc(-c2ccc(/C=N/Nc3ccc(Cl)cc3)cc2)cc1. The smallest absolute Gasteiger partial charge is 0.211 e. The zero-order chi connectivity index (χ0) is 19.8. The first kappa shape index (κ1) is 21.9. The van der Waals surface area contributed by atoms with Crippen molar-refractivity contribution < 1.29 is 0 Å². The van der Waals surface area contributed by atoms with E-state index < -0.39 is 0 Å². The highest BCUT2D eigenvalue weighted by Gasteiger charge is 1.98. The molecule has 0 spiro atoms. The average Bonchev–Trinajstić information content (AvgIpc) is 2.70. The minimum atomic E-state index is -0.0696. The van der Waals surface area contributed by atoms with Crippen molar-refractivity contribution in [3.8, 4) is 11.1 Å². The van der Waals surface area contributed by atoms with Crippen molar-refractivity contribution in [2.45, 2.75) is 0 Å². The fourth-order valence-corrected chi connectivity index (χ4v) is 2.52. The van der Waals surface area contributed by atoms with Crippen molar-refractivity contribution in [1.82, 2.24) is 0 Å². The number of rotatable bonds is 6. The van der Waals surface area contributed by atoms with Crippen LogP contribution < -0.4 is 16.9 Å². The number of hydrogen-bond donors (Lipinski definition) is 3. The van der Waals surface area contributed by atoms with E-state index in [0.29, 0.717) is 5.02 Å². The van der Waals surface area contributed by atoms with Gasteiger partial charge in [0, 0.05) is 5.02 Å². The maximum atomic E-state index is 5.86. The van der Waals surface area contributed by atoms with Crippen LogP contribution in [0, 0.1) is 0 Å². The Balaban J connectivity index is 0.00000300. The summed E-state index contributed by atoms with van der Waals surface area (Å²) >= 11 is 5.86. The normalized spacial score (nSPS) is 10.7. The molecule has 0 aliphatic carbocycles. The van der Waals surface area contributed by atoms with E-state index in [4.69, 9.17) is 23.1 Å². The molecule has 3 aromatic rings. The number of nitrogens with zero attached hydrogens (tertiary/aromatic N) is 3. The number of anilines is 1. The number of guanidine groups is 1. The van der Waals surface area contributed by atoms with E-state index in [0.717, 1.165) is 27.9 Å². The maximum absolute atomic E-state index is 5.86. The second kappa shape index (κ2) is 10.8. The van der Waals surface area contributed by atoms with E-state index in [2.05, 4.69) is 20.7 Å². The van der Waals surface area contributed by atoms with E-state index >= 15 is 0 Å². The second-order valence-corrected chi connectivity index (χ2v) is 6.33. The number of benzene rings is 3. The van der Waals surface area contributed by atoms with Gasteiger partial charge in [0.05, 0.1) is 18.1 Å². The Hall–Kier alpha value is -3.35. The molecule has 6 nitrogen and oxygen atoms in total. The van der Waals surface area contributed by atoms with E-state index in [9.17, 15) is 0 Å². The molecule has 0 aliphatic heterocycles. The molecule has 29 heavy (non-hydrogen) atoms. The third-order valence-corrected chi connectivity index (χ3v) is 4.04. The van der Waals surface area contributed by atoms with Gasteiger partial charge in [0.2, 0.25) is 5.96 Å². The van der Waals surface area contributed by atoms with Crippen LogP contribution in [0.3, 0.4) is 0 Å². The molecule has 148 valence electrons. The second-order valence-electron chi connectivity index (χ2n) is 5.89. The summed E-state index contributed by atoms with van der Waals surface area (Å²) in [4.78, 5) is 0. The Labute approximate surface area is 180 Å². The Morgan fingerprint density at radius 2 is 1.28 bits per heavy atom. The number of hydrazone groups is 1. The summed E-state index contributed by atoms with van der Waals surface area (Å²) in [6.45, 7) is 0. The Bertz CT molecular complexity index is 991. The lowest BCUT2D eigenvalue weighted by atomic mass is 10.0. The molecule has 5 N–H and O–H groups in total. The Kier molecular flexibility index (Phi) is 8.21. The standard InChI is InChI=1S/C21H19ClN6.ClH/c22-19-9-11-20(12-10-19)27-25-13-15-1-5-17(6-2-15)18-7-3-16(4-8-18)14-26-28-21(23)24;/h1-14,27H,(H4,23,24,28);1H/b25-13+,26-14+;. The van der Waals surface area contributed by atoms with Gasteiger partial charge in [-0.15, -0.1) is 17.5 Å². The van der Waals surface area contributed by atoms with Crippen molar-refractivity contribution in [3.63, 3.8) is 0 Å². The highest BCUT2D eigenvalue weighted by Crippen LogP contribution is 2.20. The van der Waals surface area contributed by atoms with Gasteiger partial charge in [0.1, 0.15) is 0 Å². The van der Waals surface area contributed by atoms with E-state index in [-0.39, 0.29) is 18.4 Å². The van der Waals surface area contributed by atoms with Gasteiger partial charge in [-0.3, -0.25) is 5.43 Å². The van der Waals surface area contributed by atoms with Crippen molar-refractivity contribution in [2.75, 3.05) is 5.43 Å². The third kappa shape index (κ3) is 6.95. The summed E-state index contributed by atoms with van der Waals surface area (Å²) in [7, 11) is 0. The van der Waals surface area contributed by atoms with Gasteiger partial charge in [0.25, 0.3) is 0 Å². The van der Waals surface area contributed by atoms with Crippen LogP contribution in [0.1, 0.15) is 11.1 Å². The molecule has 3 aromatic carbocycles. The number of hydrogen-bond acceptors (Lipinski definition) is 4. The quantitative estimate of drug-likeness (QED) is 0.307. The molecule has 0 saturated carbocycles. The average molecular weight is 427 g/mol. The van der Waals surface area contributed by atoms with Crippen LogP contribution in [-0.2, 0) is 0 Å². The van der Waals surface area contributed by atoms with Crippen molar-refractivity contribution >= 4 is 48.1 Å². The van der Waals surface area contributed by atoms with Crippen LogP contribution in [0.2, 0.25) is 5.02 Å². The van der Waals surface area contributed by atoms with Crippen LogP contribution in [0.25, 0.3) is 11.1 Å². The zero-order valence-corrected chi connectivity index (χ0v) is 16.9. The van der Waals surface area contributed by atoms with E-state index in [1.165, 1.54) is 0 Å². The van der Waals surface area contributed by atoms with Gasteiger partial charge in [-0.2, -0.15) is 10.2 Å². The lowest BCUT2D eigenvalue weighted by molar-refractivity contribution is 1.21. The van der Waals surface area contributed by atoms with Crippen LogP contribution in [0.15, 0.2) is 88.1 Å². The molecule has 8 heteroatoms. The lowest BCUT2D eigenvalue weighted by Crippen LogP contribution is -2.21. The lowest BCUT2D eigenvalue weighted by Gasteiger charge is -2.03. The Morgan fingerprint density at radius 3 is 1.79 bits per heavy atom. The van der Waals surface area contributed by atoms with Crippen molar-refractivity contribution in [1.29, 1.82) is 0 Å². The number of halogens is 2. The van der Waals surface area contributed by atoms with Gasteiger partial charge < -0.3 is 11.5 Å². The van der Waals surface area contributed by atoms with Crippen LogP contribution >= 0.6 is 24.0 Å². The summed E-state index contributed by atoms with van der Waals surface area (Å²) < 4.78 is 0. The monoisotopic (exact) mass is 426 g/mol. The van der Waals surface area contributed by atoms with Crippen molar-refractivity contribution in [3.05, 3.63) is 88.9 Å². The first-order valence-electron chi connectivity index (χ1n) is 8.47. The number of nitrogens with two attached hydrogens (primary N) is 2. The first-order chi connectivity index (χ1) is 13.6. The van der Waals surface area contributed by atoms with E-state index in [1.807, 2.05) is 72.8 Å². The summed E-state index contributed by atoms with van der Waals surface area (Å²) in [6.07, 6.45) is 3.36. The number of nitrogens with one attached hydrogen (secondary N) is 1. The van der Waals surface area contributed by atoms with Crippen LogP contribution in [0.5, 0.6) is 0 Å². The predicted molar refractivity (Wildman–Crippen MR) is 125 cm³/mol. The molecule has 0 bridgehead atoms. The minimum Gasteiger partial charge on any atom is -0.369 e. The first-order valence-corrected chi connectivity index (χ1v) is 8.85. The molecule has 0 atom stereocenters. The zero-order valence-electron chi connectivity index (χ0n) is 15.4. The molecule has 0 saturated heterocycles. The molecular formula is C21H20Cl2N6. The van der Waals surface area contributed by atoms with Crippen molar-refractivity contribution in [2.24, 2.45) is 26.8 Å². The molecular weight excluding hydrogens is 407 g/mol. The summed E-state index contributed by atoms with van der Waals surface area (Å²) in [5.41, 5.74) is 18.4. The molecule has 0 radical (unpaired) electrons. The summed E-state index contributed by atoms with van der Waals surface area (Å²) in [5, 5.41) is 12.3. The maximum Gasteiger partial charge on any atom is 0.211 e. The fraction of sp³-hybridized carbons (Fsp3) is 0. The molecule has 0 aromatic heterocycles. The fourth-order valence-electron chi connectivity index (χ4n) is 2.39. The Morgan fingerprint density at radius 1 is 0.759 bits per heavy atom. The molecule has 0 amide bonds. The molecule has 0 heterocycles. The van der Waals surface area contributed by atoms with E-state index in [1.54, 1.807) is 12.4 Å². The largest absolute Gasteiger partial charge is 0.369 e. The molecule has 0 unspecified atom stereocenters. The molecule has 0 aliphatic rings. The predicted octanol–water partition coefficient (Wildman–Crippen LogP) is 4.48. The van der Waals surface area contributed by atoms with Gasteiger partial charge in [0.15, 0.2) is 0 Å². The molecule has 0 fully saturated rings. The highest BCUT2D eigenvalue weighted by molar-refractivity contribution is 6.30.